The molecule has 1 amide bonds. The molecule has 3 heterocycles. The predicted octanol–water partition coefficient (Wildman–Crippen LogP) is 1.79. The Hall–Kier alpha value is -2.61. The molecule has 1 aromatic carbocycles. The van der Waals surface area contributed by atoms with Gasteiger partial charge in [-0.2, -0.15) is 18.4 Å². The second kappa shape index (κ2) is 7.91. The number of carbonyl (C=O) groups is 1. The lowest BCUT2D eigenvalue weighted by molar-refractivity contribution is -0.138. The lowest BCUT2D eigenvalue weighted by Gasteiger charge is -2.39. The molecule has 7 nitrogen and oxygen atoms in total. The minimum absolute atomic E-state index is 0.0298. The zero-order chi connectivity index (χ0) is 21.5. The summed E-state index contributed by atoms with van der Waals surface area (Å²) in [6, 6.07) is 5.17. The Morgan fingerprint density at radius 1 is 1.33 bits per heavy atom. The molecule has 1 aromatic heterocycles. The molecule has 0 bridgehead atoms. The van der Waals surface area contributed by atoms with Crippen LogP contribution in [0.4, 0.5) is 13.2 Å². The van der Waals surface area contributed by atoms with Gasteiger partial charge in [0.1, 0.15) is 11.2 Å². The molecule has 4 rings (SSSR count). The van der Waals surface area contributed by atoms with E-state index in [1.807, 2.05) is 4.57 Å². The normalized spacial score (nSPS) is 22.3. The Balaban J connectivity index is 1.56. The first kappa shape index (κ1) is 20.7. The highest BCUT2D eigenvalue weighted by atomic mass is 35.5. The summed E-state index contributed by atoms with van der Waals surface area (Å²) >= 11 is 6.24. The second-order valence-corrected chi connectivity index (χ2v) is 7.76. The average Bonchev–Trinajstić information content (AvgIpc) is 3.11. The Morgan fingerprint density at radius 3 is 2.87 bits per heavy atom. The number of carbonyl (C=O) groups excluding carboxylic acids is 1. The number of benzene rings is 1. The van der Waals surface area contributed by atoms with Crippen LogP contribution < -0.4 is 10.9 Å². The van der Waals surface area contributed by atoms with Crippen molar-refractivity contribution in [2.45, 2.75) is 37.1 Å². The van der Waals surface area contributed by atoms with E-state index in [0.717, 1.165) is 6.07 Å². The van der Waals surface area contributed by atoms with Crippen LogP contribution in [0.25, 0.3) is 0 Å². The number of nitrogens with zero attached hydrogens (tertiary/aromatic N) is 4. The summed E-state index contributed by atoms with van der Waals surface area (Å²) in [5.74, 6) is 0.427. The third-order valence-corrected chi connectivity index (χ3v) is 5.96. The van der Waals surface area contributed by atoms with Crippen molar-refractivity contribution < 1.29 is 18.0 Å². The number of hydrogen-bond donors (Lipinski definition) is 2. The van der Waals surface area contributed by atoms with Crippen LogP contribution in [0.2, 0.25) is 0 Å². The van der Waals surface area contributed by atoms with Crippen molar-refractivity contribution in [3.05, 3.63) is 52.6 Å². The maximum absolute atomic E-state index is 13.5. The van der Waals surface area contributed by atoms with Crippen molar-refractivity contribution in [2.75, 3.05) is 13.1 Å². The van der Waals surface area contributed by atoms with Gasteiger partial charge in [-0.25, -0.2) is 10.4 Å². The first-order chi connectivity index (χ1) is 14.3. The van der Waals surface area contributed by atoms with Gasteiger partial charge in [0.2, 0.25) is 0 Å². The number of aromatic nitrogens is 2. The molecular formula is C19H18ClF3N6O. The van der Waals surface area contributed by atoms with E-state index < -0.39 is 17.1 Å². The zero-order valence-electron chi connectivity index (χ0n) is 15.7. The average molecular weight is 439 g/mol. The number of alkyl halides is 4. The van der Waals surface area contributed by atoms with Crippen LogP contribution in [0.3, 0.4) is 0 Å². The monoisotopic (exact) mass is 438 g/mol. The molecular weight excluding hydrogens is 421 g/mol. The summed E-state index contributed by atoms with van der Waals surface area (Å²) in [5.41, 5.74) is 5.25. The number of amides is 1. The van der Waals surface area contributed by atoms with Crippen molar-refractivity contribution in [1.82, 2.24) is 25.3 Å². The van der Waals surface area contributed by atoms with Gasteiger partial charge in [-0.1, -0.05) is 6.07 Å². The number of hydrogen-bond acceptors (Lipinski definition) is 5. The van der Waals surface area contributed by atoms with Gasteiger partial charge in [0.25, 0.3) is 5.91 Å². The molecule has 11 heteroatoms. The number of halogens is 4. The molecule has 0 spiro atoms. The van der Waals surface area contributed by atoms with E-state index in [0.29, 0.717) is 37.7 Å². The van der Waals surface area contributed by atoms with Crippen LogP contribution in [0, 0.1) is 11.3 Å². The van der Waals surface area contributed by atoms with E-state index in [1.54, 1.807) is 12.3 Å². The van der Waals surface area contributed by atoms with Crippen LogP contribution >= 0.6 is 11.6 Å². The van der Waals surface area contributed by atoms with Crippen molar-refractivity contribution in [3.8, 4) is 6.07 Å². The molecule has 0 aliphatic carbocycles. The van der Waals surface area contributed by atoms with Gasteiger partial charge in [-0.3, -0.25) is 15.1 Å². The van der Waals surface area contributed by atoms with E-state index in [9.17, 15) is 18.0 Å². The molecule has 2 aliphatic heterocycles. The first-order valence-electron chi connectivity index (χ1n) is 9.32. The lowest BCUT2D eigenvalue weighted by Crippen LogP contribution is -2.62. The smallest absolute Gasteiger partial charge is 0.329 e. The molecule has 1 fully saturated rings. The Kier molecular flexibility index (Phi) is 5.44. The van der Waals surface area contributed by atoms with E-state index in [4.69, 9.17) is 16.9 Å². The highest BCUT2D eigenvalue weighted by molar-refractivity contribution is 6.31. The Bertz CT molecular complexity index is 1010. The Labute approximate surface area is 175 Å². The summed E-state index contributed by atoms with van der Waals surface area (Å²) in [4.78, 5) is 18.2. The third-order valence-electron chi connectivity index (χ3n) is 5.47. The SMILES string of the molecule is N#Cc1ccc(Cc2cnc3n2CCN(C2CNNC(=O)C2Cl)C3)c(C(F)(F)F)c1. The van der Waals surface area contributed by atoms with Gasteiger partial charge in [0.05, 0.1) is 23.7 Å². The highest BCUT2D eigenvalue weighted by Gasteiger charge is 2.37. The second-order valence-electron chi connectivity index (χ2n) is 7.29. The van der Waals surface area contributed by atoms with Crippen molar-refractivity contribution in [1.29, 1.82) is 5.26 Å². The van der Waals surface area contributed by atoms with Gasteiger partial charge in [0.15, 0.2) is 0 Å². The number of nitrogens with one attached hydrogen (secondary N) is 2. The standard InChI is InChI=1S/C19H18ClF3N6O/c20-17-15(9-26-27-18(17)30)28-3-4-29-13(8-25-16(29)10-28)6-12-2-1-11(7-24)5-14(12)19(21,22)23/h1-2,5,8,15,17,26H,3-4,6,9-10H2,(H,27,30). The predicted molar refractivity (Wildman–Crippen MR) is 101 cm³/mol. The van der Waals surface area contributed by atoms with Gasteiger partial charge >= 0.3 is 6.18 Å². The van der Waals surface area contributed by atoms with Crippen molar-refractivity contribution >= 4 is 17.5 Å². The molecule has 0 radical (unpaired) electrons. The fourth-order valence-electron chi connectivity index (χ4n) is 3.93. The number of imidazole rings is 1. The first-order valence-corrected chi connectivity index (χ1v) is 9.76. The summed E-state index contributed by atoms with van der Waals surface area (Å²) in [7, 11) is 0. The summed E-state index contributed by atoms with van der Waals surface area (Å²) in [5, 5.41) is 8.23. The van der Waals surface area contributed by atoms with E-state index >= 15 is 0 Å². The van der Waals surface area contributed by atoms with Crippen LogP contribution in [0.15, 0.2) is 24.4 Å². The summed E-state index contributed by atoms with van der Waals surface area (Å²) in [6.45, 7) is 2.07. The highest BCUT2D eigenvalue weighted by Crippen LogP contribution is 2.34. The van der Waals surface area contributed by atoms with Gasteiger partial charge < -0.3 is 4.57 Å². The van der Waals surface area contributed by atoms with E-state index in [-0.39, 0.29) is 29.5 Å². The fraction of sp³-hybridized carbons (Fsp3) is 0.421. The third kappa shape index (κ3) is 3.88. The van der Waals surface area contributed by atoms with Gasteiger partial charge in [-0.15, -0.1) is 11.6 Å². The molecule has 158 valence electrons. The number of fused-ring (bicyclic) bond motifs is 1. The fourth-order valence-corrected chi connectivity index (χ4v) is 4.23. The van der Waals surface area contributed by atoms with Crippen LogP contribution in [0.1, 0.15) is 28.2 Å². The molecule has 2 unspecified atom stereocenters. The van der Waals surface area contributed by atoms with Crippen LogP contribution in [-0.4, -0.2) is 44.9 Å². The minimum atomic E-state index is -4.55. The molecule has 1 saturated heterocycles. The van der Waals surface area contributed by atoms with Crippen molar-refractivity contribution in [3.63, 3.8) is 0 Å². The molecule has 30 heavy (non-hydrogen) atoms. The summed E-state index contributed by atoms with van der Waals surface area (Å²) < 4.78 is 42.3. The van der Waals surface area contributed by atoms with Gasteiger partial charge in [-0.05, 0) is 17.7 Å². The number of rotatable bonds is 3. The number of hydrazine groups is 1. The maximum atomic E-state index is 13.5. The largest absolute Gasteiger partial charge is 0.416 e. The van der Waals surface area contributed by atoms with E-state index in [1.165, 1.54) is 12.1 Å². The molecule has 0 saturated carbocycles. The molecule has 2 aromatic rings. The molecule has 2 N–H and O–H groups in total. The molecule has 2 atom stereocenters. The van der Waals surface area contributed by atoms with Crippen LogP contribution in [-0.2, 0) is 30.5 Å². The quantitative estimate of drug-likeness (QED) is 0.714. The Morgan fingerprint density at radius 2 is 2.13 bits per heavy atom. The van der Waals surface area contributed by atoms with Crippen molar-refractivity contribution in [2.24, 2.45) is 0 Å². The zero-order valence-corrected chi connectivity index (χ0v) is 16.5. The lowest BCUT2D eigenvalue weighted by atomic mass is 10.00. The summed E-state index contributed by atoms with van der Waals surface area (Å²) in [6.07, 6.45) is -2.91. The topological polar surface area (TPSA) is 86.0 Å². The minimum Gasteiger partial charge on any atom is -0.329 e. The number of nitriles is 1. The molecule has 2 aliphatic rings. The van der Waals surface area contributed by atoms with Crippen LogP contribution in [0.5, 0.6) is 0 Å². The maximum Gasteiger partial charge on any atom is 0.416 e. The van der Waals surface area contributed by atoms with E-state index in [2.05, 4.69) is 20.7 Å². The van der Waals surface area contributed by atoms with Gasteiger partial charge in [0, 0.05) is 44.0 Å².